The number of carbonyl (C=O) groups excluding carboxylic acids is 1. The molecule has 6 heteroatoms. The quantitative estimate of drug-likeness (QED) is 0.637. The molecule has 2 heterocycles. The van der Waals surface area contributed by atoms with Crippen LogP contribution < -0.4 is 5.32 Å². The number of aliphatic hydroxyl groups excluding tert-OH is 1. The second-order valence-corrected chi connectivity index (χ2v) is 3.57. The van der Waals surface area contributed by atoms with Crippen LogP contribution in [0.1, 0.15) is 11.5 Å². The van der Waals surface area contributed by atoms with Gasteiger partial charge in [0, 0.05) is 24.1 Å². The lowest BCUT2D eigenvalue weighted by atomic mass is 10.2. The summed E-state index contributed by atoms with van der Waals surface area (Å²) < 4.78 is 4.92. The van der Waals surface area contributed by atoms with Gasteiger partial charge in [0.2, 0.25) is 0 Å². The highest BCUT2D eigenvalue weighted by molar-refractivity contribution is 6.24. The maximum absolute atomic E-state index is 11.9. The van der Waals surface area contributed by atoms with Crippen LogP contribution in [0.15, 0.2) is 41.4 Å². The molecule has 0 aromatic carbocycles. The summed E-state index contributed by atoms with van der Waals surface area (Å²) in [5.74, 6) is -0.276. The van der Waals surface area contributed by atoms with E-state index in [-0.39, 0.29) is 11.3 Å². The van der Waals surface area contributed by atoms with Crippen LogP contribution in [0.2, 0.25) is 0 Å². The molecule has 0 unspecified atom stereocenters. The molecule has 0 atom stereocenters. The van der Waals surface area contributed by atoms with Gasteiger partial charge in [-0.25, -0.2) is 0 Å². The first-order chi connectivity index (χ1) is 8.70. The summed E-state index contributed by atoms with van der Waals surface area (Å²) in [5, 5.41) is 15.4. The standard InChI is InChI=1S/C12H11N3O3/c1-8-6-11(18-15-8)10(7-16)12(17)14-9-2-4-13-5-3-9/h2-7,16H,1H3,(H,13,14,17). The predicted molar refractivity (Wildman–Crippen MR) is 64.7 cm³/mol. The number of anilines is 1. The van der Waals surface area contributed by atoms with Gasteiger partial charge < -0.3 is 14.9 Å². The average molecular weight is 245 g/mol. The molecule has 0 saturated carbocycles. The van der Waals surface area contributed by atoms with Crippen molar-refractivity contribution >= 4 is 17.2 Å². The highest BCUT2D eigenvalue weighted by Crippen LogP contribution is 2.17. The van der Waals surface area contributed by atoms with Gasteiger partial charge in [-0.15, -0.1) is 0 Å². The number of rotatable bonds is 3. The van der Waals surface area contributed by atoms with Gasteiger partial charge in [0.25, 0.3) is 5.91 Å². The molecule has 0 spiro atoms. The van der Waals surface area contributed by atoms with Crippen molar-refractivity contribution in [3.63, 3.8) is 0 Å². The fraction of sp³-hybridized carbons (Fsp3) is 0.0833. The number of aryl methyl sites for hydroxylation is 1. The topological polar surface area (TPSA) is 88.2 Å². The summed E-state index contributed by atoms with van der Waals surface area (Å²) in [6.45, 7) is 1.72. The minimum Gasteiger partial charge on any atom is -0.515 e. The predicted octanol–water partition coefficient (Wildman–Crippen LogP) is 1.92. The first-order valence-corrected chi connectivity index (χ1v) is 5.20. The number of aromatic nitrogens is 2. The number of nitrogens with zero attached hydrogens (tertiary/aromatic N) is 2. The molecule has 0 saturated heterocycles. The fourth-order valence-corrected chi connectivity index (χ4v) is 1.36. The Morgan fingerprint density at radius 3 is 2.72 bits per heavy atom. The molecule has 0 aliphatic heterocycles. The molecule has 2 aromatic rings. The molecule has 1 amide bonds. The molecule has 0 aliphatic carbocycles. The molecule has 0 radical (unpaired) electrons. The minimum atomic E-state index is -0.486. The molecule has 2 rings (SSSR count). The Balaban J connectivity index is 2.17. The molecule has 0 aliphatic rings. The summed E-state index contributed by atoms with van der Waals surface area (Å²) >= 11 is 0. The fourth-order valence-electron chi connectivity index (χ4n) is 1.36. The third kappa shape index (κ3) is 2.54. The van der Waals surface area contributed by atoms with Crippen molar-refractivity contribution in [1.82, 2.24) is 10.1 Å². The Kier molecular flexibility index (Phi) is 3.38. The van der Waals surface area contributed by atoms with Crippen molar-refractivity contribution < 1.29 is 14.4 Å². The van der Waals surface area contributed by atoms with E-state index in [2.05, 4.69) is 15.5 Å². The summed E-state index contributed by atoms with van der Waals surface area (Å²) in [5.41, 5.74) is 1.21. The van der Waals surface area contributed by atoms with Gasteiger partial charge in [-0.2, -0.15) is 0 Å². The molecular formula is C12H11N3O3. The van der Waals surface area contributed by atoms with Crippen molar-refractivity contribution in [2.24, 2.45) is 0 Å². The van der Waals surface area contributed by atoms with E-state index in [1.54, 1.807) is 37.5 Å². The van der Waals surface area contributed by atoms with Crippen molar-refractivity contribution in [2.75, 3.05) is 5.32 Å². The second kappa shape index (κ2) is 5.13. The van der Waals surface area contributed by atoms with E-state index in [1.807, 2.05) is 0 Å². The SMILES string of the molecule is Cc1cc(C(=CO)C(=O)Nc2ccncc2)on1. The van der Waals surface area contributed by atoms with Gasteiger partial charge in [-0.05, 0) is 19.1 Å². The molecule has 2 N–H and O–H groups in total. The first-order valence-electron chi connectivity index (χ1n) is 5.20. The number of aliphatic hydroxyl groups is 1. The van der Waals surface area contributed by atoms with Gasteiger partial charge in [0.15, 0.2) is 5.76 Å². The number of amides is 1. The van der Waals surface area contributed by atoms with Crippen LogP contribution in [0.4, 0.5) is 5.69 Å². The Hall–Kier alpha value is -2.63. The van der Waals surface area contributed by atoms with Gasteiger partial charge >= 0.3 is 0 Å². The lowest BCUT2D eigenvalue weighted by Crippen LogP contribution is -2.13. The lowest BCUT2D eigenvalue weighted by molar-refractivity contribution is -0.111. The van der Waals surface area contributed by atoms with Crippen LogP contribution in [0.25, 0.3) is 5.57 Å². The lowest BCUT2D eigenvalue weighted by Gasteiger charge is -2.04. The Morgan fingerprint density at radius 2 is 2.17 bits per heavy atom. The van der Waals surface area contributed by atoms with Crippen LogP contribution in [0.5, 0.6) is 0 Å². The van der Waals surface area contributed by atoms with Crippen molar-refractivity contribution in [3.05, 3.63) is 48.3 Å². The molecular weight excluding hydrogens is 234 g/mol. The van der Waals surface area contributed by atoms with Crippen molar-refractivity contribution in [2.45, 2.75) is 6.92 Å². The van der Waals surface area contributed by atoms with Crippen LogP contribution in [-0.4, -0.2) is 21.2 Å². The number of hydrogen-bond acceptors (Lipinski definition) is 5. The highest BCUT2D eigenvalue weighted by atomic mass is 16.5. The van der Waals surface area contributed by atoms with E-state index in [9.17, 15) is 4.79 Å². The van der Waals surface area contributed by atoms with Gasteiger partial charge in [-0.1, -0.05) is 5.16 Å². The van der Waals surface area contributed by atoms with Gasteiger partial charge in [0.1, 0.15) is 5.57 Å². The van der Waals surface area contributed by atoms with Gasteiger partial charge in [-0.3, -0.25) is 9.78 Å². The average Bonchev–Trinajstić information content (AvgIpc) is 2.78. The largest absolute Gasteiger partial charge is 0.515 e. The van der Waals surface area contributed by atoms with E-state index in [4.69, 9.17) is 9.63 Å². The van der Waals surface area contributed by atoms with Crippen LogP contribution >= 0.6 is 0 Å². The Bertz CT molecular complexity index is 575. The first kappa shape index (κ1) is 11.8. The smallest absolute Gasteiger partial charge is 0.262 e. The van der Waals surface area contributed by atoms with E-state index in [0.717, 1.165) is 0 Å². The minimum absolute atomic E-state index is 0.00686. The number of nitrogens with one attached hydrogen (secondary N) is 1. The summed E-state index contributed by atoms with van der Waals surface area (Å²) in [6, 6.07) is 4.84. The van der Waals surface area contributed by atoms with Crippen LogP contribution in [0.3, 0.4) is 0 Å². The van der Waals surface area contributed by atoms with Crippen LogP contribution in [0, 0.1) is 6.92 Å². The van der Waals surface area contributed by atoms with Crippen molar-refractivity contribution in [3.8, 4) is 0 Å². The van der Waals surface area contributed by atoms with E-state index < -0.39 is 5.91 Å². The normalized spacial score (nSPS) is 11.3. The zero-order valence-electron chi connectivity index (χ0n) is 9.62. The Labute approximate surface area is 103 Å². The number of pyridine rings is 1. The van der Waals surface area contributed by atoms with E-state index in [1.165, 1.54) is 0 Å². The highest BCUT2D eigenvalue weighted by Gasteiger charge is 2.16. The third-order valence-corrected chi connectivity index (χ3v) is 2.21. The van der Waals surface area contributed by atoms with Crippen molar-refractivity contribution in [1.29, 1.82) is 0 Å². The zero-order valence-corrected chi connectivity index (χ0v) is 9.62. The summed E-state index contributed by atoms with van der Waals surface area (Å²) in [4.78, 5) is 15.7. The van der Waals surface area contributed by atoms with Crippen LogP contribution in [-0.2, 0) is 4.79 Å². The van der Waals surface area contributed by atoms with E-state index >= 15 is 0 Å². The maximum atomic E-state index is 11.9. The number of carbonyl (C=O) groups is 1. The summed E-state index contributed by atoms with van der Waals surface area (Å²) in [6.07, 6.45) is 3.80. The third-order valence-electron chi connectivity index (χ3n) is 2.21. The molecule has 2 aromatic heterocycles. The maximum Gasteiger partial charge on any atom is 0.262 e. The van der Waals surface area contributed by atoms with Gasteiger partial charge in [0.05, 0.1) is 12.0 Å². The molecule has 0 bridgehead atoms. The zero-order chi connectivity index (χ0) is 13.0. The molecule has 6 nitrogen and oxygen atoms in total. The Morgan fingerprint density at radius 1 is 1.44 bits per heavy atom. The molecule has 18 heavy (non-hydrogen) atoms. The molecule has 92 valence electrons. The summed E-state index contributed by atoms with van der Waals surface area (Å²) in [7, 11) is 0. The second-order valence-electron chi connectivity index (χ2n) is 3.57. The van der Waals surface area contributed by atoms with E-state index in [0.29, 0.717) is 17.6 Å². The number of hydrogen-bond donors (Lipinski definition) is 2. The monoisotopic (exact) mass is 245 g/mol. The molecule has 0 fully saturated rings.